The lowest BCUT2D eigenvalue weighted by molar-refractivity contribution is -0.118. The van der Waals surface area contributed by atoms with E-state index in [1.54, 1.807) is 24.4 Å². The zero-order valence-corrected chi connectivity index (χ0v) is 14.0. The summed E-state index contributed by atoms with van der Waals surface area (Å²) >= 11 is 6.02. The van der Waals surface area contributed by atoms with Crippen molar-refractivity contribution in [2.45, 2.75) is 19.8 Å². The van der Waals surface area contributed by atoms with Crippen molar-refractivity contribution < 1.29 is 4.79 Å². The van der Waals surface area contributed by atoms with Gasteiger partial charge in [0.05, 0.1) is 17.8 Å². The van der Waals surface area contributed by atoms with E-state index in [1.165, 1.54) is 0 Å². The van der Waals surface area contributed by atoms with E-state index in [9.17, 15) is 4.79 Å². The van der Waals surface area contributed by atoms with Gasteiger partial charge < -0.3 is 11.1 Å². The van der Waals surface area contributed by atoms with E-state index < -0.39 is 0 Å². The predicted octanol–water partition coefficient (Wildman–Crippen LogP) is 4.12. The van der Waals surface area contributed by atoms with Crippen molar-refractivity contribution in [2.75, 3.05) is 11.1 Å². The average molecular weight is 340 g/mol. The lowest BCUT2D eigenvalue weighted by Gasteiger charge is -2.21. The van der Waals surface area contributed by atoms with Crippen LogP contribution in [0.5, 0.6) is 0 Å². The number of nitrogens with one attached hydrogen (secondary N) is 1. The summed E-state index contributed by atoms with van der Waals surface area (Å²) in [7, 11) is 0. The lowest BCUT2D eigenvalue weighted by Crippen LogP contribution is -2.25. The SMILES string of the molecule is CC(C)C(C(=O)Nc1ccc(N)nc1)c1cccc(Cl)c1.Cl. The second kappa shape index (κ2) is 8.01. The highest BCUT2D eigenvalue weighted by Crippen LogP contribution is 2.28. The van der Waals surface area contributed by atoms with Gasteiger partial charge in [-0.05, 0) is 35.7 Å². The first kappa shape index (κ1) is 18.3. The number of carbonyl (C=O) groups is 1. The van der Waals surface area contributed by atoms with Crippen LogP contribution >= 0.6 is 24.0 Å². The number of hydrogen-bond acceptors (Lipinski definition) is 3. The standard InChI is InChI=1S/C16H18ClN3O.ClH/c1-10(2)15(11-4-3-5-12(17)8-11)16(21)20-13-6-7-14(18)19-9-13;/h3-10,15H,1-2H3,(H2,18,19)(H,20,21);1H. The molecule has 0 spiro atoms. The zero-order valence-electron chi connectivity index (χ0n) is 12.4. The van der Waals surface area contributed by atoms with E-state index in [2.05, 4.69) is 10.3 Å². The molecule has 0 bridgehead atoms. The van der Waals surface area contributed by atoms with Crippen LogP contribution in [0.3, 0.4) is 0 Å². The van der Waals surface area contributed by atoms with Crippen molar-refractivity contribution in [1.29, 1.82) is 0 Å². The molecule has 2 rings (SSSR count). The molecule has 0 radical (unpaired) electrons. The summed E-state index contributed by atoms with van der Waals surface area (Å²) in [6.45, 7) is 4.01. The molecular weight excluding hydrogens is 321 g/mol. The third kappa shape index (κ3) is 4.61. The van der Waals surface area contributed by atoms with E-state index in [0.29, 0.717) is 16.5 Å². The fraction of sp³-hybridized carbons (Fsp3) is 0.250. The number of nitrogens with zero attached hydrogens (tertiary/aromatic N) is 1. The number of rotatable bonds is 4. The summed E-state index contributed by atoms with van der Waals surface area (Å²) in [6.07, 6.45) is 1.54. The molecule has 0 fully saturated rings. The van der Waals surface area contributed by atoms with E-state index in [1.807, 2.05) is 32.0 Å². The Morgan fingerprint density at radius 1 is 1.27 bits per heavy atom. The lowest BCUT2D eigenvalue weighted by atomic mass is 9.87. The maximum absolute atomic E-state index is 12.5. The van der Waals surface area contributed by atoms with Crippen LogP contribution in [-0.4, -0.2) is 10.9 Å². The van der Waals surface area contributed by atoms with Gasteiger partial charge in [-0.15, -0.1) is 12.4 Å². The van der Waals surface area contributed by atoms with Crippen molar-refractivity contribution >= 4 is 41.4 Å². The van der Waals surface area contributed by atoms with E-state index >= 15 is 0 Å². The van der Waals surface area contributed by atoms with Crippen LogP contribution in [0.2, 0.25) is 5.02 Å². The van der Waals surface area contributed by atoms with Crippen molar-refractivity contribution in [3.63, 3.8) is 0 Å². The molecule has 3 N–H and O–H groups in total. The van der Waals surface area contributed by atoms with E-state index in [-0.39, 0.29) is 30.2 Å². The maximum atomic E-state index is 12.5. The molecule has 1 atom stereocenters. The van der Waals surface area contributed by atoms with Crippen LogP contribution in [0.1, 0.15) is 25.3 Å². The van der Waals surface area contributed by atoms with Gasteiger partial charge in [0.25, 0.3) is 0 Å². The molecule has 0 saturated carbocycles. The van der Waals surface area contributed by atoms with Crippen molar-refractivity contribution in [1.82, 2.24) is 4.98 Å². The maximum Gasteiger partial charge on any atom is 0.232 e. The van der Waals surface area contributed by atoms with Crippen LogP contribution in [0.15, 0.2) is 42.6 Å². The minimum absolute atomic E-state index is 0. The largest absolute Gasteiger partial charge is 0.384 e. The Hall–Kier alpha value is -1.78. The fourth-order valence-corrected chi connectivity index (χ4v) is 2.44. The van der Waals surface area contributed by atoms with Gasteiger partial charge in [-0.1, -0.05) is 37.6 Å². The van der Waals surface area contributed by atoms with Crippen molar-refractivity contribution in [3.8, 4) is 0 Å². The molecule has 22 heavy (non-hydrogen) atoms. The Balaban J connectivity index is 0.00000242. The Labute approximate surface area is 141 Å². The second-order valence-corrected chi connectivity index (χ2v) is 5.67. The average Bonchev–Trinajstić information content (AvgIpc) is 2.41. The summed E-state index contributed by atoms with van der Waals surface area (Å²) in [5.41, 5.74) is 7.06. The van der Waals surface area contributed by atoms with Gasteiger partial charge in [-0.25, -0.2) is 4.98 Å². The molecule has 1 aromatic heterocycles. The molecular formula is C16H19Cl2N3O. The highest BCUT2D eigenvalue weighted by Gasteiger charge is 2.24. The first-order valence-corrected chi connectivity index (χ1v) is 7.13. The van der Waals surface area contributed by atoms with Gasteiger partial charge in [0, 0.05) is 5.02 Å². The molecule has 0 aliphatic heterocycles. The number of nitrogens with two attached hydrogens (primary N) is 1. The molecule has 1 unspecified atom stereocenters. The molecule has 4 nitrogen and oxygen atoms in total. The van der Waals surface area contributed by atoms with E-state index in [4.69, 9.17) is 17.3 Å². The van der Waals surface area contributed by atoms with Crippen LogP contribution in [0.4, 0.5) is 11.5 Å². The Morgan fingerprint density at radius 2 is 2.00 bits per heavy atom. The number of carbonyl (C=O) groups excluding carboxylic acids is 1. The fourth-order valence-electron chi connectivity index (χ4n) is 2.24. The molecule has 2 aromatic rings. The quantitative estimate of drug-likeness (QED) is 0.880. The summed E-state index contributed by atoms with van der Waals surface area (Å²) in [5, 5.41) is 3.49. The van der Waals surface area contributed by atoms with Crippen LogP contribution in [-0.2, 0) is 4.79 Å². The molecule has 6 heteroatoms. The molecule has 1 amide bonds. The number of nitrogen functional groups attached to an aromatic ring is 1. The topological polar surface area (TPSA) is 68.0 Å². The third-order valence-electron chi connectivity index (χ3n) is 3.21. The summed E-state index contributed by atoms with van der Waals surface area (Å²) < 4.78 is 0. The predicted molar refractivity (Wildman–Crippen MR) is 93.6 cm³/mol. The van der Waals surface area contributed by atoms with Gasteiger partial charge in [0.15, 0.2) is 0 Å². The second-order valence-electron chi connectivity index (χ2n) is 5.24. The molecule has 1 aromatic carbocycles. The minimum Gasteiger partial charge on any atom is -0.384 e. The van der Waals surface area contributed by atoms with Crippen molar-refractivity contribution in [3.05, 3.63) is 53.2 Å². The number of pyridine rings is 1. The Kier molecular flexibility index (Phi) is 6.65. The molecule has 0 saturated heterocycles. The minimum atomic E-state index is -0.277. The highest BCUT2D eigenvalue weighted by atomic mass is 35.5. The number of aromatic nitrogens is 1. The molecule has 0 aliphatic carbocycles. The van der Waals surface area contributed by atoms with Gasteiger partial charge in [-0.2, -0.15) is 0 Å². The van der Waals surface area contributed by atoms with Crippen LogP contribution < -0.4 is 11.1 Å². The Bertz CT molecular complexity index is 630. The first-order valence-electron chi connectivity index (χ1n) is 6.75. The smallest absolute Gasteiger partial charge is 0.232 e. The van der Waals surface area contributed by atoms with Crippen LogP contribution in [0.25, 0.3) is 0 Å². The summed E-state index contributed by atoms with van der Waals surface area (Å²) in [6, 6.07) is 10.8. The molecule has 0 aliphatic rings. The normalized spacial score (nSPS) is 11.6. The molecule has 118 valence electrons. The summed E-state index contributed by atoms with van der Waals surface area (Å²) in [4.78, 5) is 16.5. The molecule has 1 heterocycles. The van der Waals surface area contributed by atoms with E-state index in [0.717, 1.165) is 5.56 Å². The number of hydrogen-bond donors (Lipinski definition) is 2. The van der Waals surface area contributed by atoms with Gasteiger partial charge in [0.1, 0.15) is 5.82 Å². The number of benzene rings is 1. The zero-order chi connectivity index (χ0) is 15.4. The Morgan fingerprint density at radius 3 is 2.55 bits per heavy atom. The van der Waals surface area contributed by atoms with Crippen molar-refractivity contribution in [2.24, 2.45) is 5.92 Å². The number of amides is 1. The van der Waals surface area contributed by atoms with Gasteiger partial charge >= 0.3 is 0 Å². The third-order valence-corrected chi connectivity index (χ3v) is 3.45. The number of halogens is 2. The van der Waals surface area contributed by atoms with Gasteiger partial charge in [0.2, 0.25) is 5.91 Å². The van der Waals surface area contributed by atoms with Crippen LogP contribution in [0, 0.1) is 5.92 Å². The monoisotopic (exact) mass is 339 g/mol. The highest BCUT2D eigenvalue weighted by molar-refractivity contribution is 6.30. The van der Waals surface area contributed by atoms with Gasteiger partial charge in [-0.3, -0.25) is 4.79 Å². The first-order chi connectivity index (χ1) is 9.97. The summed E-state index contributed by atoms with van der Waals surface area (Å²) in [5.74, 6) is 0.202. The number of anilines is 2.